The number of thiol groups is 2. The van der Waals surface area contributed by atoms with Crippen LogP contribution in [0.2, 0.25) is 0 Å². The average molecular weight is 501 g/mol. The SMILES string of the molecule is CSC(C1SC=C(CS)S1)C1CCCCC1C(SC)C1SC=C(CS)S1. The molecule has 0 amide bonds. The maximum Gasteiger partial charge on any atom is 0.0709 e. The van der Waals surface area contributed by atoms with E-state index in [2.05, 4.69) is 119 Å². The molecule has 2 heterocycles. The molecule has 1 fully saturated rings. The second-order valence-electron chi connectivity index (χ2n) is 6.74. The molecule has 0 bridgehead atoms. The van der Waals surface area contributed by atoms with Crippen LogP contribution in [0.15, 0.2) is 20.6 Å². The molecule has 0 saturated heterocycles. The van der Waals surface area contributed by atoms with Crippen molar-refractivity contribution in [3.8, 4) is 0 Å². The maximum atomic E-state index is 4.49. The highest BCUT2D eigenvalue weighted by Crippen LogP contribution is 2.54. The van der Waals surface area contributed by atoms with Crippen LogP contribution < -0.4 is 0 Å². The molecule has 8 heteroatoms. The standard InChI is InChI=1S/C18H28S8/c1-21-15(17-23-9-11(7-19)25-17)13-5-3-4-6-14(13)16(22-2)18-24-10-12(8-20)26-18/h9-10,13-20H,3-8H2,1-2H3. The fraction of sp³-hybridized carbons (Fsp3) is 0.778. The van der Waals surface area contributed by atoms with Crippen molar-refractivity contribution in [2.24, 2.45) is 11.8 Å². The molecule has 0 radical (unpaired) electrons. The molecule has 6 unspecified atom stereocenters. The third kappa shape index (κ3) is 5.50. The Kier molecular flexibility index (Phi) is 10.3. The van der Waals surface area contributed by atoms with Crippen molar-refractivity contribution < 1.29 is 0 Å². The van der Waals surface area contributed by atoms with Crippen molar-refractivity contribution >= 4 is 95.8 Å². The molecule has 0 N–H and O–H groups in total. The Morgan fingerprint density at radius 1 is 0.885 bits per heavy atom. The predicted molar refractivity (Wildman–Crippen MR) is 142 cm³/mol. The van der Waals surface area contributed by atoms with E-state index >= 15 is 0 Å². The van der Waals surface area contributed by atoms with E-state index in [0.717, 1.165) is 33.8 Å². The number of thioether (sulfide) groups is 6. The van der Waals surface area contributed by atoms with Crippen molar-refractivity contribution in [3.05, 3.63) is 20.6 Å². The lowest BCUT2D eigenvalue weighted by Gasteiger charge is -2.43. The Morgan fingerprint density at radius 3 is 1.62 bits per heavy atom. The van der Waals surface area contributed by atoms with Gasteiger partial charge in [-0.05, 0) is 48.0 Å². The largest absolute Gasteiger partial charge is 0.174 e. The number of rotatable bonds is 8. The Bertz CT molecular complexity index is 473. The first-order valence-electron chi connectivity index (χ1n) is 9.01. The second kappa shape index (κ2) is 11.6. The fourth-order valence-corrected chi connectivity index (χ4v) is 14.0. The quantitative estimate of drug-likeness (QED) is 0.331. The van der Waals surface area contributed by atoms with Crippen LogP contribution in [0.25, 0.3) is 0 Å². The summed E-state index contributed by atoms with van der Waals surface area (Å²) >= 11 is 21.5. The molecule has 1 saturated carbocycles. The highest BCUT2D eigenvalue weighted by molar-refractivity contribution is 8.24. The molecule has 6 atom stereocenters. The van der Waals surface area contributed by atoms with E-state index in [4.69, 9.17) is 0 Å². The monoisotopic (exact) mass is 500 g/mol. The van der Waals surface area contributed by atoms with Gasteiger partial charge >= 0.3 is 0 Å². The summed E-state index contributed by atoms with van der Waals surface area (Å²) in [6.45, 7) is 0. The van der Waals surface area contributed by atoms with Crippen molar-refractivity contribution in [1.82, 2.24) is 0 Å². The van der Waals surface area contributed by atoms with Gasteiger partial charge in [0.2, 0.25) is 0 Å². The van der Waals surface area contributed by atoms with Gasteiger partial charge < -0.3 is 0 Å². The Morgan fingerprint density at radius 2 is 1.31 bits per heavy atom. The molecule has 0 spiro atoms. The van der Waals surface area contributed by atoms with E-state index in [1.807, 2.05) is 0 Å². The van der Waals surface area contributed by atoms with E-state index in [9.17, 15) is 0 Å². The summed E-state index contributed by atoms with van der Waals surface area (Å²) in [6.07, 6.45) is 10.3. The Hall–Kier alpha value is 2.28. The van der Waals surface area contributed by atoms with Crippen LogP contribution in [0.4, 0.5) is 0 Å². The van der Waals surface area contributed by atoms with Gasteiger partial charge in [-0.25, -0.2) is 0 Å². The summed E-state index contributed by atoms with van der Waals surface area (Å²) in [6, 6.07) is 0. The van der Waals surface area contributed by atoms with Crippen molar-refractivity contribution in [1.29, 1.82) is 0 Å². The van der Waals surface area contributed by atoms with Gasteiger partial charge in [-0.2, -0.15) is 48.8 Å². The van der Waals surface area contributed by atoms with Gasteiger partial charge in [0.25, 0.3) is 0 Å². The van der Waals surface area contributed by atoms with Crippen LogP contribution in [0.5, 0.6) is 0 Å². The van der Waals surface area contributed by atoms with Crippen LogP contribution in [-0.4, -0.2) is 43.7 Å². The minimum atomic E-state index is 0.676. The summed E-state index contributed by atoms with van der Waals surface area (Å²) in [5.74, 6) is 3.47. The number of hydrogen-bond acceptors (Lipinski definition) is 8. The first kappa shape index (κ1) is 23.0. The van der Waals surface area contributed by atoms with Crippen LogP contribution in [0.1, 0.15) is 25.7 Å². The van der Waals surface area contributed by atoms with Crippen molar-refractivity contribution in [2.75, 3.05) is 24.0 Å². The summed E-state index contributed by atoms with van der Waals surface area (Å²) in [5.41, 5.74) is 0. The van der Waals surface area contributed by atoms with Crippen LogP contribution in [0, 0.1) is 11.8 Å². The van der Waals surface area contributed by atoms with Gasteiger partial charge in [-0.15, -0.1) is 47.0 Å². The Labute approximate surface area is 196 Å². The first-order valence-corrected chi connectivity index (χ1v) is 16.5. The van der Waals surface area contributed by atoms with E-state index < -0.39 is 0 Å². The first-order chi connectivity index (χ1) is 12.7. The molecule has 0 aromatic carbocycles. The normalized spacial score (nSPS) is 34.5. The smallest absolute Gasteiger partial charge is 0.0709 e. The van der Waals surface area contributed by atoms with E-state index in [1.54, 1.807) is 0 Å². The highest BCUT2D eigenvalue weighted by atomic mass is 32.2. The minimum Gasteiger partial charge on any atom is -0.174 e. The van der Waals surface area contributed by atoms with Crippen molar-refractivity contribution in [3.63, 3.8) is 0 Å². The van der Waals surface area contributed by atoms with E-state index in [1.165, 1.54) is 35.5 Å². The molecule has 3 aliphatic rings. The second-order valence-corrected chi connectivity index (χ2v) is 14.6. The summed E-state index contributed by atoms with van der Waals surface area (Å²) < 4.78 is 1.35. The zero-order chi connectivity index (χ0) is 18.5. The molecule has 0 aromatic heterocycles. The zero-order valence-electron chi connectivity index (χ0n) is 15.2. The summed E-state index contributed by atoms with van der Waals surface area (Å²) in [5, 5.41) is 6.21. The van der Waals surface area contributed by atoms with Crippen LogP contribution in [-0.2, 0) is 0 Å². The molecular weight excluding hydrogens is 473 g/mol. The molecule has 3 rings (SSSR count). The highest BCUT2D eigenvalue weighted by Gasteiger charge is 2.43. The van der Waals surface area contributed by atoms with Crippen LogP contribution in [0.3, 0.4) is 0 Å². The minimum absolute atomic E-state index is 0.676. The van der Waals surface area contributed by atoms with Crippen LogP contribution >= 0.6 is 95.8 Å². The molecule has 2 aliphatic heterocycles. The lowest BCUT2D eigenvalue weighted by atomic mass is 9.76. The van der Waals surface area contributed by atoms with Gasteiger partial charge in [0.15, 0.2) is 0 Å². The van der Waals surface area contributed by atoms with Crippen molar-refractivity contribution in [2.45, 2.75) is 45.3 Å². The van der Waals surface area contributed by atoms with E-state index in [0.29, 0.717) is 9.16 Å². The van der Waals surface area contributed by atoms with Gasteiger partial charge in [-0.3, -0.25) is 0 Å². The average Bonchev–Trinajstić information content (AvgIpc) is 3.34. The zero-order valence-corrected chi connectivity index (χ0v) is 21.9. The topological polar surface area (TPSA) is 0 Å². The van der Waals surface area contributed by atoms with Gasteiger partial charge in [0.05, 0.1) is 9.16 Å². The predicted octanol–water partition coefficient (Wildman–Crippen LogP) is 7.41. The molecule has 0 aromatic rings. The van der Waals surface area contributed by atoms with Gasteiger partial charge in [0.1, 0.15) is 0 Å². The van der Waals surface area contributed by atoms with Gasteiger partial charge in [0, 0.05) is 31.8 Å². The Balaban J connectivity index is 1.71. The third-order valence-corrected chi connectivity index (χ3v) is 15.1. The molecular formula is C18H28S8. The summed E-state index contributed by atoms with van der Waals surface area (Å²) in [7, 11) is 0. The fourth-order valence-electron chi connectivity index (χ4n) is 4.11. The summed E-state index contributed by atoms with van der Waals surface area (Å²) in [4.78, 5) is 2.92. The lowest BCUT2D eigenvalue weighted by molar-refractivity contribution is 0.234. The van der Waals surface area contributed by atoms with Gasteiger partial charge in [-0.1, -0.05) is 12.8 Å². The maximum absolute atomic E-state index is 4.49. The lowest BCUT2D eigenvalue weighted by Crippen LogP contribution is -2.41. The molecule has 1 aliphatic carbocycles. The molecule has 0 nitrogen and oxygen atoms in total. The number of hydrogen-bond donors (Lipinski definition) is 2. The molecule has 26 heavy (non-hydrogen) atoms. The molecule has 148 valence electrons. The van der Waals surface area contributed by atoms with E-state index in [-0.39, 0.29) is 0 Å². The third-order valence-electron chi connectivity index (χ3n) is 5.31.